The molecule has 0 radical (unpaired) electrons. The normalized spacial score (nSPS) is 14.8. The van der Waals surface area contributed by atoms with E-state index in [1.54, 1.807) is 0 Å². The minimum atomic E-state index is 0. The molecule has 2 aromatic rings. The van der Waals surface area contributed by atoms with Gasteiger partial charge in [0.05, 0.1) is 0 Å². The predicted molar refractivity (Wildman–Crippen MR) is 143 cm³/mol. The van der Waals surface area contributed by atoms with Crippen molar-refractivity contribution >= 4 is 41.7 Å². The molecular formula is C22H36IN7OS. The fourth-order valence-corrected chi connectivity index (χ4v) is 3.84. The maximum atomic E-state index is 5.85. The molecule has 1 saturated heterocycles. The number of aromatic nitrogens is 3. The van der Waals surface area contributed by atoms with E-state index in [0.29, 0.717) is 13.2 Å². The Balaban J connectivity index is 0.00000363. The van der Waals surface area contributed by atoms with E-state index in [1.165, 1.54) is 0 Å². The molecule has 0 saturated carbocycles. The van der Waals surface area contributed by atoms with Gasteiger partial charge in [0.1, 0.15) is 24.7 Å². The number of rotatable bonds is 10. The highest BCUT2D eigenvalue weighted by atomic mass is 127. The summed E-state index contributed by atoms with van der Waals surface area (Å²) < 4.78 is 7.85. The van der Waals surface area contributed by atoms with Gasteiger partial charge in [0.2, 0.25) is 0 Å². The quantitative estimate of drug-likeness (QED) is 0.203. The van der Waals surface area contributed by atoms with Crippen molar-refractivity contribution in [2.75, 3.05) is 57.9 Å². The zero-order valence-corrected chi connectivity index (χ0v) is 22.5. The molecule has 1 aliphatic rings. The highest BCUT2D eigenvalue weighted by Crippen LogP contribution is 2.09. The number of para-hydroxylation sites is 1. The standard InChI is InChI=1S/C22H35N7OS.HI/c1-19-25-26-21(27(19)2)18-24-22(23-10-7-17-31-3)29-13-11-28(12-14-29)15-16-30-20-8-5-4-6-9-20;/h4-6,8-9H,7,10-18H2,1-3H3,(H,23,24);1H. The molecule has 0 bridgehead atoms. The highest BCUT2D eigenvalue weighted by molar-refractivity contribution is 14.0. The number of aryl methyl sites for hydroxylation is 1. The molecule has 0 spiro atoms. The van der Waals surface area contributed by atoms with Crippen molar-refractivity contribution in [2.24, 2.45) is 12.0 Å². The van der Waals surface area contributed by atoms with Gasteiger partial charge in [-0.3, -0.25) is 4.90 Å². The van der Waals surface area contributed by atoms with Gasteiger partial charge in [0, 0.05) is 46.3 Å². The van der Waals surface area contributed by atoms with Crippen molar-refractivity contribution in [3.05, 3.63) is 42.0 Å². The number of guanidine groups is 1. The molecule has 178 valence electrons. The Morgan fingerprint density at radius 3 is 2.56 bits per heavy atom. The van der Waals surface area contributed by atoms with Crippen molar-refractivity contribution in [1.82, 2.24) is 29.9 Å². The van der Waals surface area contributed by atoms with Crippen LogP contribution in [0.5, 0.6) is 5.75 Å². The first-order valence-electron chi connectivity index (χ1n) is 10.9. The largest absolute Gasteiger partial charge is 0.492 e. The second-order valence-corrected chi connectivity index (χ2v) is 8.61. The van der Waals surface area contributed by atoms with Crippen molar-refractivity contribution in [3.63, 3.8) is 0 Å². The fourth-order valence-electron chi connectivity index (χ4n) is 3.41. The second-order valence-electron chi connectivity index (χ2n) is 7.63. The molecule has 10 heteroatoms. The SMILES string of the molecule is CSCCCNC(=NCc1nnc(C)n1C)N1CCN(CCOc2ccccc2)CC1.I. The molecule has 3 rings (SSSR count). The molecule has 1 fully saturated rings. The van der Waals surface area contributed by atoms with Crippen LogP contribution in [0.25, 0.3) is 0 Å². The van der Waals surface area contributed by atoms with E-state index in [2.05, 4.69) is 31.6 Å². The predicted octanol–water partition coefficient (Wildman–Crippen LogP) is 2.64. The van der Waals surface area contributed by atoms with Crippen LogP contribution in [0.3, 0.4) is 0 Å². The van der Waals surface area contributed by atoms with Crippen LogP contribution in [0, 0.1) is 6.92 Å². The second kappa shape index (κ2) is 14.6. The van der Waals surface area contributed by atoms with Crippen molar-refractivity contribution in [3.8, 4) is 5.75 Å². The van der Waals surface area contributed by atoms with E-state index in [4.69, 9.17) is 9.73 Å². The third-order valence-corrected chi connectivity index (χ3v) is 6.15. The van der Waals surface area contributed by atoms with Gasteiger partial charge in [0.25, 0.3) is 0 Å². The lowest BCUT2D eigenvalue weighted by Crippen LogP contribution is -2.53. The number of halogens is 1. The number of hydrogen-bond donors (Lipinski definition) is 1. The number of nitrogens with one attached hydrogen (secondary N) is 1. The molecule has 1 aliphatic heterocycles. The summed E-state index contributed by atoms with van der Waals surface area (Å²) in [5.74, 6) is 4.85. The maximum Gasteiger partial charge on any atom is 0.194 e. The smallest absolute Gasteiger partial charge is 0.194 e. The third-order valence-electron chi connectivity index (χ3n) is 5.45. The Labute approximate surface area is 213 Å². The van der Waals surface area contributed by atoms with E-state index >= 15 is 0 Å². The summed E-state index contributed by atoms with van der Waals surface area (Å²) in [6.07, 6.45) is 3.27. The molecule has 32 heavy (non-hydrogen) atoms. The molecule has 1 aromatic carbocycles. The molecule has 0 atom stereocenters. The van der Waals surface area contributed by atoms with Gasteiger partial charge in [0.15, 0.2) is 11.8 Å². The first-order valence-corrected chi connectivity index (χ1v) is 12.3. The van der Waals surface area contributed by atoms with Crippen molar-refractivity contribution < 1.29 is 4.74 Å². The molecule has 0 aliphatic carbocycles. The van der Waals surface area contributed by atoms with E-state index in [-0.39, 0.29) is 24.0 Å². The van der Waals surface area contributed by atoms with Gasteiger partial charge < -0.3 is 19.5 Å². The summed E-state index contributed by atoms with van der Waals surface area (Å²) in [5, 5.41) is 12.0. The first kappa shape index (κ1) is 26.7. The Hall–Kier alpha value is -1.53. The number of ether oxygens (including phenoxy) is 1. The Morgan fingerprint density at radius 2 is 1.91 bits per heavy atom. The van der Waals surface area contributed by atoms with E-state index in [9.17, 15) is 0 Å². The summed E-state index contributed by atoms with van der Waals surface area (Å²) in [6, 6.07) is 10.0. The Kier molecular flexibility index (Phi) is 12.2. The van der Waals surface area contributed by atoms with Crippen LogP contribution in [0.4, 0.5) is 0 Å². The first-order chi connectivity index (χ1) is 15.2. The molecule has 8 nitrogen and oxygen atoms in total. The Bertz CT molecular complexity index is 810. The third kappa shape index (κ3) is 8.43. The van der Waals surface area contributed by atoms with Crippen molar-refractivity contribution in [1.29, 1.82) is 0 Å². The van der Waals surface area contributed by atoms with Gasteiger partial charge >= 0.3 is 0 Å². The van der Waals surface area contributed by atoms with Gasteiger partial charge in [-0.25, -0.2) is 4.99 Å². The highest BCUT2D eigenvalue weighted by Gasteiger charge is 2.20. The van der Waals surface area contributed by atoms with Crippen LogP contribution >= 0.6 is 35.7 Å². The van der Waals surface area contributed by atoms with Crippen LogP contribution in [-0.2, 0) is 13.6 Å². The summed E-state index contributed by atoms with van der Waals surface area (Å²) in [7, 11) is 1.99. The molecule has 1 aromatic heterocycles. The zero-order valence-electron chi connectivity index (χ0n) is 19.4. The minimum absolute atomic E-state index is 0. The topological polar surface area (TPSA) is 70.8 Å². The monoisotopic (exact) mass is 573 g/mol. The van der Waals surface area contributed by atoms with Gasteiger partial charge in [-0.1, -0.05) is 18.2 Å². The molecule has 2 heterocycles. The summed E-state index contributed by atoms with van der Waals surface area (Å²) >= 11 is 1.88. The van der Waals surface area contributed by atoms with Crippen LogP contribution in [0.2, 0.25) is 0 Å². The van der Waals surface area contributed by atoms with E-state index in [0.717, 1.165) is 74.8 Å². The number of benzene rings is 1. The molecule has 0 amide bonds. The lowest BCUT2D eigenvalue weighted by atomic mass is 10.3. The zero-order chi connectivity index (χ0) is 21.9. The van der Waals surface area contributed by atoms with Crippen molar-refractivity contribution in [2.45, 2.75) is 19.9 Å². The average molecular weight is 574 g/mol. The molecular weight excluding hydrogens is 537 g/mol. The number of nitrogens with zero attached hydrogens (tertiary/aromatic N) is 6. The van der Waals surface area contributed by atoms with Crippen LogP contribution < -0.4 is 10.1 Å². The summed E-state index contributed by atoms with van der Waals surface area (Å²) in [5.41, 5.74) is 0. The van der Waals surface area contributed by atoms with Gasteiger partial charge in [-0.05, 0) is 37.5 Å². The van der Waals surface area contributed by atoms with Crippen LogP contribution in [0.1, 0.15) is 18.1 Å². The molecule has 1 N–H and O–H groups in total. The lowest BCUT2D eigenvalue weighted by Gasteiger charge is -2.36. The number of aliphatic imine (C=N–C) groups is 1. The van der Waals surface area contributed by atoms with E-state index in [1.807, 2.05) is 60.6 Å². The van der Waals surface area contributed by atoms with Gasteiger partial charge in [-0.15, -0.1) is 34.2 Å². The lowest BCUT2D eigenvalue weighted by molar-refractivity contribution is 0.152. The van der Waals surface area contributed by atoms with Crippen LogP contribution in [-0.4, -0.2) is 88.4 Å². The summed E-state index contributed by atoms with van der Waals surface area (Å²) in [6.45, 7) is 9.00. The van der Waals surface area contributed by atoms with Gasteiger partial charge in [-0.2, -0.15) is 11.8 Å². The molecule has 0 unspecified atom stereocenters. The Morgan fingerprint density at radius 1 is 1.16 bits per heavy atom. The number of thioether (sulfide) groups is 1. The summed E-state index contributed by atoms with van der Waals surface area (Å²) in [4.78, 5) is 9.69. The number of hydrogen-bond acceptors (Lipinski definition) is 6. The minimum Gasteiger partial charge on any atom is -0.492 e. The van der Waals surface area contributed by atoms with E-state index < -0.39 is 0 Å². The number of piperazine rings is 1. The average Bonchev–Trinajstić information content (AvgIpc) is 3.12. The van der Waals surface area contributed by atoms with Crippen LogP contribution in [0.15, 0.2) is 35.3 Å². The maximum absolute atomic E-state index is 5.85. The fraction of sp³-hybridized carbons (Fsp3) is 0.591.